The van der Waals surface area contributed by atoms with Crippen LogP contribution in [0.2, 0.25) is 0 Å². The summed E-state index contributed by atoms with van der Waals surface area (Å²) in [5.74, 6) is -0.394. The summed E-state index contributed by atoms with van der Waals surface area (Å²) in [7, 11) is 1.56. The first kappa shape index (κ1) is 21.9. The molecule has 3 aromatic rings. The molecule has 1 aliphatic carbocycles. The normalized spacial score (nSPS) is 16.7. The second-order valence-electron chi connectivity index (χ2n) is 8.81. The minimum Gasteiger partial charge on any atom is -0.493 e. The number of amides is 3. The van der Waals surface area contributed by atoms with Crippen molar-refractivity contribution < 1.29 is 23.9 Å². The lowest BCUT2D eigenvalue weighted by Crippen LogP contribution is -2.36. The molecule has 1 fully saturated rings. The van der Waals surface area contributed by atoms with Crippen molar-refractivity contribution in [3.05, 3.63) is 71.3 Å². The van der Waals surface area contributed by atoms with E-state index in [1.54, 1.807) is 31.4 Å². The number of hydrogen-bond donors (Lipinski definition) is 1. The minimum atomic E-state index is -0.861. The molecule has 7 nitrogen and oxygen atoms in total. The fourth-order valence-corrected chi connectivity index (χ4v) is 5.03. The number of methoxy groups -OCH3 is 1. The molecular weight excluding hydrogens is 432 g/mol. The van der Waals surface area contributed by atoms with Gasteiger partial charge in [-0.3, -0.25) is 19.3 Å². The molecule has 7 heteroatoms. The van der Waals surface area contributed by atoms with E-state index in [1.165, 1.54) is 0 Å². The van der Waals surface area contributed by atoms with E-state index in [9.17, 15) is 14.4 Å². The molecule has 2 aliphatic rings. The second kappa shape index (κ2) is 8.82. The zero-order chi connectivity index (χ0) is 23.8. The van der Waals surface area contributed by atoms with Crippen LogP contribution in [-0.4, -0.2) is 35.8 Å². The number of primary amides is 1. The Morgan fingerprint density at radius 2 is 1.79 bits per heavy atom. The number of imide groups is 1. The standard InChI is InChI=1S/C27H26N2O5/c1-33-22-13-11-17(14-23(22)34-18-7-3-4-8-18)21(15-24(28)30)29-26(31)20-12-10-16-6-2-5-9-19(16)25(20)27(29)32/h2,5-6,9-14,18,21H,3-4,7-8,15H2,1H3,(H2,28,30). The summed E-state index contributed by atoms with van der Waals surface area (Å²) in [6.45, 7) is 0. The molecule has 2 N–H and O–H groups in total. The third-order valence-electron chi connectivity index (χ3n) is 6.69. The molecule has 3 amide bonds. The fourth-order valence-electron chi connectivity index (χ4n) is 5.03. The van der Waals surface area contributed by atoms with Crippen LogP contribution in [0.4, 0.5) is 0 Å². The lowest BCUT2D eigenvalue weighted by molar-refractivity contribution is -0.118. The first-order valence-electron chi connectivity index (χ1n) is 11.5. The molecule has 1 saturated carbocycles. The molecule has 3 aromatic carbocycles. The molecule has 0 spiro atoms. The molecule has 5 rings (SSSR count). The predicted octanol–water partition coefficient (Wildman–Crippen LogP) is 4.38. The van der Waals surface area contributed by atoms with Crippen molar-refractivity contribution >= 4 is 28.5 Å². The molecule has 0 bridgehead atoms. The summed E-state index contributed by atoms with van der Waals surface area (Å²) in [5.41, 5.74) is 6.84. The maximum Gasteiger partial charge on any atom is 0.262 e. The highest BCUT2D eigenvalue weighted by atomic mass is 16.5. The Labute approximate surface area is 197 Å². The monoisotopic (exact) mass is 458 g/mol. The van der Waals surface area contributed by atoms with E-state index < -0.39 is 23.8 Å². The Morgan fingerprint density at radius 1 is 1.03 bits per heavy atom. The number of rotatable bonds is 7. The number of fused-ring (bicyclic) bond motifs is 3. The van der Waals surface area contributed by atoms with Gasteiger partial charge in [-0.1, -0.05) is 36.4 Å². The number of nitrogens with two attached hydrogens (primary N) is 1. The van der Waals surface area contributed by atoms with Crippen molar-refractivity contribution in [1.29, 1.82) is 0 Å². The summed E-state index contributed by atoms with van der Waals surface area (Å²) in [4.78, 5) is 40.2. The van der Waals surface area contributed by atoms with Crippen LogP contribution < -0.4 is 15.2 Å². The van der Waals surface area contributed by atoms with Gasteiger partial charge in [-0.2, -0.15) is 0 Å². The molecular formula is C27H26N2O5. The van der Waals surface area contributed by atoms with Gasteiger partial charge in [0, 0.05) is 0 Å². The Morgan fingerprint density at radius 3 is 2.53 bits per heavy atom. The van der Waals surface area contributed by atoms with Crippen LogP contribution >= 0.6 is 0 Å². The molecule has 0 radical (unpaired) electrons. The molecule has 1 heterocycles. The Kier molecular flexibility index (Phi) is 5.69. The van der Waals surface area contributed by atoms with Crippen molar-refractivity contribution in [3.8, 4) is 11.5 Å². The lowest BCUT2D eigenvalue weighted by Gasteiger charge is -2.27. The zero-order valence-electron chi connectivity index (χ0n) is 19.0. The Balaban J connectivity index is 1.57. The van der Waals surface area contributed by atoms with Gasteiger partial charge in [0.1, 0.15) is 0 Å². The first-order chi connectivity index (χ1) is 16.5. The average molecular weight is 459 g/mol. The van der Waals surface area contributed by atoms with Crippen molar-refractivity contribution in [2.75, 3.05) is 7.11 Å². The lowest BCUT2D eigenvalue weighted by atomic mass is 10.00. The largest absolute Gasteiger partial charge is 0.493 e. The molecule has 1 aliphatic heterocycles. The fraction of sp³-hybridized carbons (Fsp3) is 0.296. The van der Waals surface area contributed by atoms with Gasteiger partial charge < -0.3 is 15.2 Å². The number of benzene rings is 3. The third kappa shape index (κ3) is 3.77. The van der Waals surface area contributed by atoms with E-state index >= 15 is 0 Å². The molecule has 0 saturated heterocycles. The van der Waals surface area contributed by atoms with Crippen molar-refractivity contribution in [2.24, 2.45) is 5.73 Å². The summed E-state index contributed by atoms with van der Waals surface area (Å²) in [6.07, 6.45) is 4.04. The van der Waals surface area contributed by atoms with Crippen LogP contribution in [0.25, 0.3) is 10.8 Å². The van der Waals surface area contributed by atoms with Gasteiger partial charge in [0.05, 0.1) is 36.8 Å². The highest BCUT2D eigenvalue weighted by Crippen LogP contribution is 2.40. The second-order valence-corrected chi connectivity index (χ2v) is 8.81. The SMILES string of the molecule is COc1ccc(C(CC(N)=O)N2C(=O)c3ccc4ccccc4c3C2=O)cc1OC1CCCC1. The quantitative estimate of drug-likeness (QED) is 0.530. The Bertz CT molecular complexity index is 1300. The van der Waals surface area contributed by atoms with E-state index in [-0.39, 0.29) is 12.5 Å². The molecule has 174 valence electrons. The number of carbonyl (C=O) groups excluding carboxylic acids is 3. The van der Waals surface area contributed by atoms with E-state index in [2.05, 4.69) is 0 Å². The van der Waals surface area contributed by atoms with Gasteiger partial charge in [-0.25, -0.2) is 0 Å². The van der Waals surface area contributed by atoms with Crippen molar-refractivity contribution in [3.63, 3.8) is 0 Å². The van der Waals surface area contributed by atoms with Crippen LogP contribution in [0.15, 0.2) is 54.6 Å². The number of carbonyl (C=O) groups is 3. The highest BCUT2D eigenvalue weighted by Gasteiger charge is 2.42. The first-order valence-corrected chi connectivity index (χ1v) is 11.5. The number of hydrogen-bond acceptors (Lipinski definition) is 5. The Hall–Kier alpha value is -3.87. The number of ether oxygens (including phenoxy) is 2. The van der Waals surface area contributed by atoms with E-state index in [0.29, 0.717) is 33.6 Å². The molecule has 1 unspecified atom stereocenters. The molecule has 1 atom stereocenters. The summed E-state index contributed by atoms with van der Waals surface area (Å²) in [6, 6.07) is 15.3. The molecule has 0 aromatic heterocycles. The maximum absolute atomic E-state index is 13.6. The molecule has 34 heavy (non-hydrogen) atoms. The smallest absolute Gasteiger partial charge is 0.262 e. The summed E-state index contributed by atoms with van der Waals surface area (Å²) < 4.78 is 11.7. The van der Waals surface area contributed by atoms with E-state index in [1.807, 2.05) is 30.3 Å². The summed E-state index contributed by atoms with van der Waals surface area (Å²) in [5, 5.41) is 1.58. The maximum atomic E-state index is 13.6. The van der Waals surface area contributed by atoms with Gasteiger partial charge in [0.2, 0.25) is 5.91 Å². The van der Waals surface area contributed by atoms with Crippen LogP contribution in [0.5, 0.6) is 11.5 Å². The van der Waals surface area contributed by atoms with Gasteiger partial charge in [-0.05, 0) is 60.2 Å². The van der Waals surface area contributed by atoms with Crippen LogP contribution in [0, 0.1) is 0 Å². The topological polar surface area (TPSA) is 98.9 Å². The van der Waals surface area contributed by atoms with Crippen LogP contribution in [0.3, 0.4) is 0 Å². The van der Waals surface area contributed by atoms with Crippen molar-refractivity contribution in [2.45, 2.75) is 44.2 Å². The zero-order valence-corrected chi connectivity index (χ0v) is 19.0. The third-order valence-corrected chi connectivity index (χ3v) is 6.69. The van der Waals surface area contributed by atoms with Gasteiger partial charge >= 0.3 is 0 Å². The summed E-state index contributed by atoms with van der Waals surface area (Å²) >= 11 is 0. The van der Waals surface area contributed by atoms with Gasteiger partial charge in [-0.15, -0.1) is 0 Å². The van der Waals surface area contributed by atoms with Gasteiger partial charge in [0.25, 0.3) is 11.8 Å². The van der Waals surface area contributed by atoms with E-state index in [4.69, 9.17) is 15.2 Å². The van der Waals surface area contributed by atoms with Crippen LogP contribution in [0.1, 0.15) is 64.4 Å². The highest BCUT2D eigenvalue weighted by molar-refractivity contribution is 6.26. The minimum absolute atomic E-state index is 0.0874. The van der Waals surface area contributed by atoms with Crippen molar-refractivity contribution in [1.82, 2.24) is 4.90 Å². The average Bonchev–Trinajstić information content (AvgIpc) is 3.43. The predicted molar refractivity (Wildman–Crippen MR) is 127 cm³/mol. The van der Waals surface area contributed by atoms with Gasteiger partial charge in [0.15, 0.2) is 11.5 Å². The van der Waals surface area contributed by atoms with Crippen LogP contribution in [-0.2, 0) is 4.79 Å². The van der Waals surface area contributed by atoms with E-state index in [0.717, 1.165) is 36.0 Å². The number of nitrogens with zero attached hydrogens (tertiary/aromatic N) is 1.